The van der Waals surface area contributed by atoms with E-state index in [1.54, 1.807) is 13.2 Å². The molecule has 234 valence electrons. The van der Waals surface area contributed by atoms with Gasteiger partial charge in [-0.05, 0) is 90.7 Å². The maximum atomic E-state index is 14.0. The molecule has 1 aliphatic carbocycles. The Morgan fingerprint density at radius 3 is 2.39 bits per heavy atom. The van der Waals surface area contributed by atoms with Crippen LogP contribution in [-0.2, 0) is 19.1 Å². The van der Waals surface area contributed by atoms with Crippen LogP contribution < -0.4 is 10.2 Å². The summed E-state index contributed by atoms with van der Waals surface area (Å²) >= 11 is 0. The van der Waals surface area contributed by atoms with Gasteiger partial charge in [0.25, 0.3) is 0 Å². The minimum atomic E-state index is -0.435. The van der Waals surface area contributed by atoms with Crippen LogP contribution in [0.5, 0.6) is 5.75 Å². The molecule has 2 fully saturated rings. The molecule has 4 aromatic rings. The van der Waals surface area contributed by atoms with E-state index in [2.05, 4.69) is 18.3 Å². The minimum Gasteiger partial charge on any atom is -0.507 e. The fraction of sp³-hybridized carbons (Fsp3) is 0.282. The first kappa shape index (κ1) is 30.0. The van der Waals surface area contributed by atoms with Crippen LogP contribution in [0.1, 0.15) is 31.7 Å². The molecule has 2 heterocycles. The summed E-state index contributed by atoms with van der Waals surface area (Å²) in [7, 11) is 1.67. The third kappa shape index (κ3) is 5.50. The Bertz CT molecular complexity index is 1850. The third-order valence-corrected chi connectivity index (χ3v) is 9.65. The molecular formula is C39H38N2O5. The van der Waals surface area contributed by atoms with E-state index in [0.29, 0.717) is 25.3 Å². The lowest BCUT2D eigenvalue weighted by atomic mass is 9.69. The largest absolute Gasteiger partial charge is 0.507 e. The fourth-order valence-corrected chi connectivity index (χ4v) is 7.54. The SMILES string of the molecule is COCC1=C2[C@@H](CC/C(C)=C/c3ccc(O)c4ccccc34)OC[C@@H]2[C@@H]2C(=O)N(c3ccc(Nc4ccccc4)cc3)C(=O)[C@@H]2C1. The lowest BCUT2D eigenvalue weighted by molar-refractivity contribution is -0.122. The molecule has 2 N–H and O–H groups in total. The Labute approximate surface area is 269 Å². The number of amides is 2. The van der Waals surface area contributed by atoms with E-state index in [1.807, 2.05) is 84.9 Å². The number of methoxy groups -OCH3 is 1. The minimum absolute atomic E-state index is 0.128. The molecule has 2 saturated heterocycles. The second-order valence-corrected chi connectivity index (χ2v) is 12.6. The van der Waals surface area contributed by atoms with Crippen molar-refractivity contribution in [2.24, 2.45) is 17.8 Å². The lowest BCUT2D eigenvalue weighted by Gasteiger charge is -2.31. The Hall–Kier alpha value is -4.72. The summed E-state index contributed by atoms with van der Waals surface area (Å²) in [4.78, 5) is 29.2. The average molecular weight is 615 g/mol. The number of nitrogens with one attached hydrogen (secondary N) is 1. The van der Waals surface area contributed by atoms with Crippen molar-refractivity contribution in [2.45, 2.75) is 32.3 Å². The number of nitrogens with zero attached hydrogens (tertiary/aromatic N) is 1. The van der Waals surface area contributed by atoms with Crippen molar-refractivity contribution in [1.82, 2.24) is 0 Å². The number of para-hydroxylation sites is 1. The molecule has 2 aliphatic heterocycles. The van der Waals surface area contributed by atoms with Gasteiger partial charge in [0, 0.05) is 29.8 Å². The van der Waals surface area contributed by atoms with Crippen molar-refractivity contribution in [2.75, 3.05) is 30.5 Å². The Kier molecular flexibility index (Phi) is 8.20. The number of carbonyl (C=O) groups is 2. The number of aromatic hydroxyl groups is 1. The molecule has 0 bridgehead atoms. The van der Waals surface area contributed by atoms with Crippen molar-refractivity contribution in [3.05, 3.63) is 113 Å². The van der Waals surface area contributed by atoms with Gasteiger partial charge in [-0.3, -0.25) is 14.5 Å². The predicted molar refractivity (Wildman–Crippen MR) is 181 cm³/mol. The molecular weight excluding hydrogens is 576 g/mol. The number of hydrogen-bond acceptors (Lipinski definition) is 6. The predicted octanol–water partition coefficient (Wildman–Crippen LogP) is 7.64. The number of carbonyl (C=O) groups excluding carboxylic acids is 2. The van der Waals surface area contributed by atoms with Crippen LogP contribution in [0.2, 0.25) is 0 Å². The first-order chi connectivity index (χ1) is 22.4. The number of imide groups is 1. The molecule has 3 aliphatic rings. The first-order valence-corrected chi connectivity index (χ1v) is 15.9. The van der Waals surface area contributed by atoms with Crippen molar-refractivity contribution in [1.29, 1.82) is 0 Å². The van der Waals surface area contributed by atoms with Crippen molar-refractivity contribution >= 4 is 45.7 Å². The number of benzene rings is 4. The van der Waals surface area contributed by atoms with Crippen molar-refractivity contribution < 1.29 is 24.2 Å². The number of phenols is 1. The Morgan fingerprint density at radius 1 is 0.913 bits per heavy atom. The van der Waals surface area contributed by atoms with Crippen molar-refractivity contribution in [3.8, 4) is 5.75 Å². The van der Waals surface area contributed by atoms with Crippen LogP contribution in [0.3, 0.4) is 0 Å². The first-order valence-electron chi connectivity index (χ1n) is 15.9. The van der Waals surface area contributed by atoms with Crippen molar-refractivity contribution in [3.63, 3.8) is 0 Å². The number of rotatable bonds is 9. The van der Waals surface area contributed by atoms with Crippen LogP contribution in [-0.4, -0.2) is 43.3 Å². The van der Waals surface area contributed by atoms with Gasteiger partial charge in [0.2, 0.25) is 11.8 Å². The summed E-state index contributed by atoms with van der Waals surface area (Å²) in [5.74, 6) is -0.998. The molecule has 7 rings (SSSR count). The zero-order valence-electron chi connectivity index (χ0n) is 26.1. The zero-order valence-corrected chi connectivity index (χ0v) is 26.1. The van der Waals surface area contributed by atoms with Crippen LogP contribution in [0.15, 0.2) is 108 Å². The molecule has 0 spiro atoms. The third-order valence-electron chi connectivity index (χ3n) is 9.65. The standard InChI is InChI=1S/C39H38N2O5/c1-24(20-25-13-18-34(42)31-11-7-6-10-30(25)31)12-19-35-36-26(22-45-2)21-32-37(33(36)23-46-35)39(44)41(38(32)43)29-16-14-28(15-17-29)40-27-8-4-3-5-9-27/h3-11,13-18,20,32-33,35,37,40,42H,12,19,21-23H2,1-2H3/b24-20+/t32-,33+,35-,37-/m1/s1. The van der Waals surface area contributed by atoms with E-state index >= 15 is 0 Å². The van der Waals surface area contributed by atoms with Gasteiger partial charge in [0.1, 0.15) is 5.75 Å². The van der Waals surface area contributed by atoms with Crippen LogP contribution in [0.4, 0.5) is 17.1 Å². The highest BCUT2D eigenvalue weighted by atomic mass is 16.5. The summed E-state index contributed by atoms with van der Waals surface area (Å²) in [5, 5.41) is 15.5. The van der Waals surface area contributed by atoms with E-state index in [0.717, 1.165) is 51.7 Å². The number of ether oxygens (including phenoxy) is 2. The van der Waals surface area contributed by atoms with Crippen LogP contribution >= 0.6 is 0 Å². The second-order valence-electron chi connectivity index (χ2n) is 12.6. The highest BCUT2D eigenvalue weighted by Crippen LogP contribution is 2.50. The molecule has 46 heavy (non-hydrogen) atoms. The molecule has 4 atom stereocenters. The number of phenolic OH excluding ortho intramolecular Hbond substituents is 1. The molecule has 7 heteroatoms. The van der Waals surface area contributed by atoms with Gasteiger partial charge in [0.15, 0.2) is 0 Å². The number of anilines is 3. The van der Waals surface area contributed by atoms with Gasteiger partial charge in [-0.25, -0.2) is 0 Å². The fourth-order valence-electron chi connectivity index (χ4n) is 7.54. The molecule has 7 nitrogen and oxygen atoms in total. The summed E-state index contributed by atoms with van der Waals surface area (Å²) in [6.45, 7) is 2.96. The lowest BCUT2D eigenvalue weighted by Crippen LogP contribution is -2.35. The summed E-state index contributed by atoms with van der Waals surface area (Å²) in [6.07, 6.45) is 4.14. The molecule has 2 amide bonds. The average Bonchev–Trinajstić information content (AvgIpc) is 3.61. The van der Waals surface area contributed by atoms with E-state index in [-0.39, 0.29) is 29.6 Å². The number of fused-ring (bicyclic) bond motifs is 4. The molecule has 0 unspecified atom stereocenters. The summed E-state index contributed by atoms with van der Waals surface area (Å²) < 4.78 is 12.0. The van der Waals surface area contributed by atoms with Gasteiger partial charge in [-0.2, -0.15) is 0 Å². The molecule has 0 aromatic heterocycles. The smallest absolute Gasteiger partial charge is 0.238 e. The van der Waals surface area contributed by atoms with Crippen LogP contribution in [0.25, 0.3) is 16.8 Å². The molecule has 0 radical (unpaired) electrons. The topological polar surface area (TPSA) is 88.1 Å². The maximum absolute atomic E-state index is 14.0. The number of allylic oxidation sites excluding steroid dienone is 1. The van der Waals surface area contributed by atoms with Gasteiger partial charge in [0.05, 0.1) is 36.8 Å². The maximum Gasteiger partial charge on any atom is 0.238 e. The highest BCUT2D eigenvalue weighted by Gasteiger charge is 2.57. The number of hydrogen-bond donors (Lipinski definition) is 2. The van der Waals surface area contributed by atoms with E-state index in [4.69, 9.17) is 9.47 Å². The summed E-state index contributed by atoms with van der Waals surface area (Å²) in [6, 6.07) is 28.9. The Morgan fingerprint density at radius 2 is 1.63 bits per heavy atom. The van der Waals surface area contributed by atoms with Gasteiger partial charge < -0.3 is 19.9 Å². The van der Waals surface area contributed by atoms with Gasteiger partial charge in [-0.15, -0.1) is 0 Å². The monoisotopic (exact) mass is 614 g/mol. The van der Waals surface area contributed by atoms with Crippen LogP contribution in [0, 0.1) is 17.8 Å². The van der Waals surface area contributed by atoms with Gasteiger partial charge >= 0.3 is 0 Å². The van der Waals surface area contributed by atoms with E-state index in [9.17, 15) is 14.7 Å². The highest BCUT2D eigenvalue weighted by molar-refractivity contribution is 6.22. The molecule has 0 saturated carbocycles. The van der Waals surface area contributed by atoms with Gasteiger partial charge in [-0.1, -0.05) is 60.2 Å². The van der Waals surface area contributed by atoms with E-state index in [1.165, 1.54) is 10.5 Å². The Balaban J connectivity index is 1.09. The summed E-state index contributed by atoms with van der Waals surface area (Å²) in [5.41, 5.74) is 6.95. The molecule has 4 aromatic carbocycles. The zero-order chi connectivity index (χ0) is 31.8. The van der Waals surface area contributed by atoms with E-state index < -0.39 is 11.8 Å². The second kappa shape index (κ2) is 12.6. The quantitative estimate of drug-likeness (QED) is 0.149. The normalized spacial score (nSPS) is 22.8.